The Bertz CT molecular complexity index is 522. The van der Waals surface area contributed by atoms with E-state index >= 15 is 0 Å². The molecule has 0 saturated carbocycles. The van der Waals surface area contributed by atoms with E-state index in [0.29, 0.717) is 5.92 Å². The van der Waals surface area contributed by atoms with Crippen molar-refractivity contribution in [1.29, 1.82) is 0 Å². The monoisotopic (exact) mass is 381 g/mol. The van der Waals surface area contributed by atoms with Crippen molar-refractivity contribution in [2.75, 3.05) is 44.2 Å². The molecule has 1 atom stereocenters. The highest BCUT2D eigenvalue weighted by Gasteiger charge is 2.15. The average Bonchev–Trinajstić information content (AvgIpc) is 3.31. The Morgan fingerprint density at radius 3 is 2.81 bits per heavy atom. The predicted octanol–water partition coefficient (Wildman–Crippen LogP) is 2.64. The van der Waals surface area contributed by atoms with Gasteiger partial charge in [-0.2, -0.15) is 0 Å². The van der Waals surface area contributed by atoms with Gasteiger partial charge in [-0.1, -0.05) is 13.3 Å². The maximum atomic E-state index is 9.19. The summed E-state index contributed by atoms with van der Waals surface area (Å²) < 4.78 is 0. The number of anilines is 1. The van der Waals surface area contributed by atoms with Gasteiger partial charge >= 0.3 is 0 Å². The van der Waals surface area contributed by atoms with Crippen molar-refractivity contribution in [3.8, 4) is 0 Å². The van der Waals surface area contributed by atoms with Gasteiger partial charge in [0.15, 0.2) is 11.1 Å². The van der Waals surface area contributed by atoms with Crippen LogP contribution in [-0.2, 0) is 6.42 Å². The van der Waals surface area contributed by atoms with Crippen molar-refractivity contribution >= 4 is 22.4 Å². The minimum atomic E-state index is 0.243. The van der Waals surface area contributed by atoms with Crippen LogP contribution in [0, 0.1) is 5.92 Å². The number of hydrogen-bond acceptors (Lipinski definition) is 5. The summed E-state index contributed by atoms with van der Waals surface area (Å²) >= 11 is 1.76. The maximum Gasteiger partial charge on any atom is 0.191 e. The fourth-order valence-corrected chi connectivity index (χ4v) is 4.17. The fourth-order valence-electron chi connectivity index (χ4n) is 3.25. The largest absolute Gasteiger partial charge is 0.396 e. The van der Waals surface area contributed by atoms with Crippen LogP contribution in [-0.4, -0.2) is 55.4 Å². The van der Waals surface area contributed by atoms with Gasteiger partial charge < -0.3 is 20.6 Å². The van der Waals surface area contributed by atoms with Gasteiger partial charge in [0.25, 0.3) is 0 Å². The van der Waals surface area contributed by atoms with Crippen LogP contribution < -0.4 is 15.5 Å². The van der Waals surface area contributed by atoms with Gasteiger partial charge in [0.05, 0.1) is 5.69 Å². The van der Waals surface area contributed by atoms with Crippen LogP contribution in [0.2, 0.25) is 0 Å². The molecule has 2 heterocycles. The molecule has 3 N–H and O–H groups in total. The van der Waals surface area contributed by atoms with Gasteiger partial charge in [-0.15, -0.1) is 11.3 Å². The molecular formula is C19H35N5OS. The summed E-state index contributed by atoms with van der Waals surface area (Å²) in [5.41, 5.74) is 1.16. The SMILES string of the molecule is CCCC(CCO)CN=C(NCC)NCCc1csc(N2CCCC2)n1. The molecule has 1 unspecified atom stereocenters. The molecule has 0 spiro atoms. The van der Waals surface area contributed by atoms with E-state index in [1.807, 2.05) is 0 Å². The number of rotatable bonds is 11. The summed E-state index contributed by atoms with van der Waals surface area (Å²) in [5, 5.41) is 19.3. The second-order valence-corrected chi connectivity index (χ2v) is 7.72. The van der Waals surface area contributed by atoms with E-state index in [2.05, 4.69) is 34.8 Å². The van der Waals surface area contributed by atoms with Crippen LogP contribution >= 0.6 is 11.3 Å². The minimum Gasteiger partial charge on any atom is -0.396 e. The van der Waals surface area contributed by atoms with E-state index in [1.165, 1.54) is 18.0 Å². The van der Waals surface area contributed by atoms with Gasteiger partial charge in [-0.25, -0.2) is 4.98 Å². The zero-order valence-electron chi connectivity index (χ0n) is 16.3. The van der Waals surface area contributed by atoms with Crippen molar-refractivity contribution in [2.24, 2.45) is 10.9 Å². The Morgan fingerprint density at radius 2 is 2.12 bits per heavy atom. The van der Waals surface area contributed by atoms with E-state index in [9.17, 15) is 5.11 Å². The molecule has 0 aliphatic carbocycles. The Morgan fingerprint density at radius 1 is 1.31 bits per heavy atom. The molecule has 1 fully saturated rings. The number of aromatic nitrogens is 1. The van der Waals surface area contributed by atoms with Gasteiger partial charge in [-0.05, 0) is 38.5 Å². The van der Waals surface area contributed by atoms with E-state index in [0.717, 1.165) is 70.1 Å². The number of guanidine groups is 1. The van der Waals surface area contributed by atoms with Crippen molar-refractivity contribution < 1.29 is 5.11 Å². The summed E-state index contributed by atoms with van der Waals surface area (Å²) in [6, 6.07) is 0. The number of hydrogen-bond donors (Lipinski definition) is 3. The quantitative estimate of drug-likeness (QED) is 0.406. The molecule has 0 radical (unpaired) electrons. The zero-order chi connectivity index (χ0) is 18.6. The van der Waals surface area contributed by atoms with Crippen molar-refractivity contribution in [3.05, 3.63) is 11.1 Å². The maximum absolute atomic E-state index is 9.19. The van der Waals surface area contributed by atoms with E-state index in [-0.39, 0.29) is 6.61 Å². The highest BCUT2D eigenvalue weighted by atomic mass is 32.1. The molecule has 1 aliphatic rings. The first kappa shape index (κ1) is 21.0. The third kappa shape index (κ3) is 7.11. The van der Waals surface area contributed by atoms with E-state index < -0.39 is 0 Å². The Labute approximate surface area is 162 Å². The molecule has 7 heteroatoms. The normalized spacial score (nSPS) is 16.1. The fraction of sp³-hybridized carbons (Fsp3) is 0.789. The zero-order valence-corrected chi connectivity index (χ0v) is 17.2. The second kappa shape index (κ2) is 12.1. The van der Waals surface area contributed by atoms with Crippen LogP contribution in [0.5, 0.6) is 0 Å². The summed E-state index contributed by atoms with van der Waals surface area (Å²) in [4.78, 5) is 11.9. The highest BCUT2D eigenvalue weighted by Crippen LogP contribution is 2.24. The molecule has 1 aromatic rings. The van der Waals surface area contributed by atoms with Crippen LogP contribution in [0.1, 0.15) is 51.6 Å². The number of nitrogens with one attached hydrogen (secondary N) is 2. The Kier molecular flexibility index (Phi) is 9.77. The molecule has 1 aromatic heterocycles. The molecule has 26 heavy (non-hydrogen) atoms. The molecule has 0 amide bonds. The lowest BCUT2D eigenvalue weighted by atomic mass is 10.0. The van der Waals surface area contributed by atoms with Crippen molar-refractivity contribution in [1.82, 2.24) is 15.6 Å². The average molecular weight is 382 g/mol. The molecule has 1 aliphatic heterocycles. The number of aliphatic hydroxyl groups excluding tert-OH is 1. The third-order valence-electron chi connectivity index (χ3n) is 4.68. The Balaban J connectivity index is 1.79. The summed E-state index contributed by atoms with van der Waals surface area (Å²) in [6.45, 7) is 9.24. The van der Waals surface area contributed by atoms with Crippen LogP contribution in [0.25, 0.3) is 0 Å². The van der Waals surface area contributed by atoms with Crippen molar-refractivity contribution in [3.63, 3.8) is 0 Å². The molecule has 1 saturated heterocycles. The molecule has 0 bridgehead atoms. The number of aliphatic hydroxyl groups is 1. The summed E-state index contributed by atoms with van der Waals surface area (Å²) in [7, 11) is 0. The van der Waals surface area contributed by atoms with E-state index in [1.54, 1.807) is 11.3 Å². The van der Waals surface area contributed by atoms with Crippen LogP contribution in [0.3, 0.4) is 0 Å². The first-order valence-corrected chi connectivity index (χ1v) is 11.0. The van der Waals surface area contributed by atoms with Crippen LogP contribution in [0.15, 0.2) is 10.4 Å². The third-order valence-corrected chi connectivity index (χ3v) is 5.63. The van der Waals surface area contributed by atoms with Gasteiger partial charge in [0.2, 0.25) is 0 Å². The summed E-state index contributed by atoms with van der Waals surface area (Å²) in [5.74, 6) is 1.32. The minimum absolute atomic E-state index is 0.243. The molecule has 6 nitrogen and oxygen atoms in total. The molecular weight excluding hydrogens is 346 g/mol. The lowest BCUT2D eigenvalue weighted by Gasteiger charge is -2.15. The number of nitrogens with zero attached hydrogens (tertiary/aromatic N) is 3. The lowest BCUT2D eigenvalue weighted by molar-refractivity contribution is 0.253. The topological polar surface area (TPSA) is 72.8 Å². The predicted molar refractivity (Wildman–Crippen MR) is 111 cm³/mol. The second-order valence-electron chi connectivity index (χ2n) is 6.88. The van der Waals surface area contributed by atoms with Gasteiger partial charge in [0.1, 0.15) is 0 Å². The van der Waals surface area contributed by atoms with Crippen molar-refractivity contribution in [2.45, 2.75) is 52.4 Å². The van der Waals surface area contributed by atoms with Gasteiger partial charge in [-0.3, -0.25) is 4.99 Å². The number of thiazole rings is 1. The summed E-state index contributed by atoms with van der Waals surface area (Å²) in [6.07, 6.45) is 6.55. The smallest absolute Gasteiger partial charge is 0.191 e. The van der Waals surface area contributed by atoms with E-state index in [4.69, 9.17) is 9.98 Å². The lowest BCUT2D eigenvalue weighted by Crippen LogP contribution is -2.38. The standard InChI is InChI=1S/C19H35N5OS/c1-3-7-16(9-13-25)14-22-18(20-4-2)21-10-8-17-15-26-19(23-17)24-11-5-6-12-24/h15-16,25H,3-14H2,1-2H3,(H2,20,21,22). The molecule has 148 valence electrons. The van der Waals surface area contributed by atoms with Gasteiger partial charge in [0, 0.05) is 51.1 Å². The number of aliphatic imine (C=N–C) groups is 1. The first-order chi connectivity index (χ1) is 12.8. The molecule has 2 rings (SSSR count). The highest BCUT2D eigenvalue weighted by molar-refractivity contribution is 7.13. The van der Waals surface area contributed by atoms with Crippen LogP contribution in [0.4, 0.5) is 5.13 Å². The first-order valence-electron chi connectivity index (χ1n) is 10.1. The Hall–Kier alpha value is -1.34. The molecule has 0 aromatic carbocycles.